The molecule has 1 fully saturated rings. The van der Waals surface area contributed by atoms with E-state index < -0.39 is 0 Å². The van der Waals surface area contributed by atoms with Gasteiger partial charge in [0.1, 0.15) is 5.82 Å². The normalized spacial score (nSPS) is 16.6. The SMILES string of the molecule is CCC(C)(C)n1nnnc1CN1CCN(c2ccc(F)cc2)CC1. The van der Waals surface area contributed by atoms with Gasteiger partial charge in [-0.05, 0) is 55.0 Å². The summed E-state index contributed by atoms with van der Waals surface area (Å²) in [4.78, 5) is 4.66. The number of anilines is 1. The van der Waals surface area contributed by atoms with Gasteiger partial charge in [0.15, 0.2) is 5.82 Å². The number of tetrazole rings is 1. The third-order valence-electron chi connectivity index (χ3n) is 4.90. The molecule has 0 bridgehead atoms. The smallest absolute Gasteiger partial charge is 0.165 e. The lowest BCUT2D eigenvalue weighted by molar-refractivity contribution is 0.221. The van der Waals surface area contributed by atoms with Crippen molar-refractivity contribution in [2.75, 3.05) is 31.1 Å². The van der Waals surface area contributed by atoms with E-state index in [1.807, 2.05) is 16.8 Å². The molecular formula is C17H25FN6. The second-order valence-electron chi connectivity index (χ2n) is 6.91. The molecule has 0 atom stereocenters. The third kappa shape index (κ3) is 3.56. The monoisotopic (exact) mass is 332 g/mol. The fraction of sp³-hybridized carbons (Fsp3) is 0.588. The van der Waals surface area contributed by atoms with E-state index in [0.29, 0.717) is 0 Å². The summed E-state index contributed by atoms with van der Waals surface area (Å²) in [6.07, 6.45) is 0.976. The number of hydrogen-bond acceptors (Lipinski definition) is 5. The van der Waals surface area contributed by atoms with Gasteiger partial charge in [-0.25, -0.2) is 9.07 Å². The van der Waals surface area contributed by atoms with Crippen LogP contribution in [0, 0.1) is 5.82 Å². The number of rotatable bonds is 5. The molecule has 2 heterocycles. The first kappa shape index (κ1) is 16.8. The van der Waals surface area contributed by atoms with Gasteiger partial charge in [-0.3, -0.25) is 4.90 Å². The van der Waals surface area contributed by atoms with Crippen LogP contribution < -0.4 is 4.90 Å². The molecule has 0 unspecified atom stereocenters. The minimum absolute atomic E-state index is 0.0746. The highest BCUT2D eigenvalue weighted by Gasteiger charge is 2.25. The second kappa shape index (κ2) is 6.84. The summed E-state index contributed by atoms with van der Waals surface area (Å²) < 4.78 is 15.0. The molecule has 0 radical (unpaired) electrons. The van der Waals surface area contributed by atoms with E-state index in [0.717, 1.165) is 50.7 Å². The zero-order chi connectivity index (χ0) is 17.2. The van der Waals surface area contributed by atoms with E-state index in [-0.39, 0.29) is 11.4 Å². The Hall–Kier alpha value is -2.02. The molecule has 0 saturated carbocycles. The Morgan fingerprint density at radius 1 is 1.08 bits per heavy atom. The summed E-state index contributed by atoms with van der Waals surface area (Å²) in [6.45, 7) is 10.9. The molecule has 24 heavy (non-hydrogen) atoms. The Balaban J connectivity index is 1.60. The molecule has 0 amide bonds. The van der Waals surface area contributed by atoms with E-state index >= 15 is 0 Å². The molecule has 1 aliphatic heterocycles. The van der Waals surface area contributed by atoms with Crippen molar-refractivity contribution in [3.63, 3.8) is 0 Å². The summed E-state index contributed by atoms with van der Waals surface area (Å²) in [5.41, 5.74) is 1.00. The molecular weight excluding hydrogens is 307 g/mol. The standard InChI is InChI=1S/C17H25FN6/c1-4-17(2,3)24-16(19-20-21-24)13-22-9-11-23(12-10-22)15-7-5-14(18)6-8-15/h5-8H,4,9-13H2,1-3H3. The van der Waals surface area contributed by atoms with E-state index in [9.17, 15) is 4.39 Å². The van der Waals surface area contributed by atoms with Crippen LogP contribution in [0.3, 0.4) is 0 Å². The highest BCUT2D eigenvalue weighted by atomic mass is 19.1. The van der Waals surface area contributed by atoms with E-state index in [4.69, 9.17) is 0 Å². The predicted molar refractivity (Wildman–Crippen MR) is 91.3 cm³/mol. The van der Waals surface area contributed by atoms with Gasteiger partial charge in [0, 0.05) is 31.9 Å². The van der Waals surface area contributed by atoms with Crippen LogP contribution in [0.15, 0.2) is 24.3 Å². The van der Waals surface area contributed by atoms with Crippen molar-refractivity contribution < 1.29 is 4.39 Å². The zero-order valence-electron chi connectivity index (χ0n) is 14.6. The Bertz CT molecular complexity index is 658. The quantitative estimate of drug-likeness (QED) is 0.841. The average molecular weight is 332 g/mol. The molecule has 1 aromatic carbocycles. The van der Waals surface area contributed by atoms with Gasteiger partial charge in [-0.2, -0.15) is 0 Å². The summed E-state index contributed by atoms with van der Waals surface area (Å²) in [7, 11) is 0. The predicted octanol–water partition coefficient (Wildman–Crippen LogP) is 2.28. The summed E-state index contributed by atoms with van der Waals surface area (Å²) >= 11 is 0. The molecule has 0 spiro atoms. The maximum absolute atomic E-state index is 13.0. The van der Waals surface area contributed by atoms with Gasteiger partial charge in [0.05, 0.1) is 12.1 Å². The highest BCUT2D eigenvalue weighted by Crippen LogP contribution is 2.21. The van der Waals surface area contributed by atoms with Gasteiger partial charge in [0.25, 0.3) is 0 Å². The van der Waals surface area contributed by atoms with Gasteiger partial charge in [0.2, 0.25) is 0 Å². The lowest BCUT2D eigenvalue weighted by Crippen LogP contribution is -2.46. The van der Waals surface area contributed by atoms with Gasteiger partial charge >= 0.3 is 0 Å². The minimum atomic E-state index is -0.192. The van der Waals surface area contributed by atoms with Crippen LogP contribution >= 0.6 is 0 Å². The fourth-order valence-corrected chi connectivity index (χ4v) is 2.94. The topological polar surface area (TPSA) is 50.1 Å². The number of halogens is 1. The van der Waals surface area contributed by atoms with Crippen LogP contribution in [0.4, 0.5) is 10.1 Å². The lowest BCUT2D eigenvalue weighted by atomic mass is 10.0. The zero-order valence-corrected chi connectivity index (χ0v) is 14.6. The molecule has 3 rings (SSSR count). The maximum atomic E-state index is 13.0. The van der Waals surface area contributed by atoms with Crippen LogP contribution in [-0.2, 0) is 12.1 Å². The van der Waals surface area contributed by atoms with Crippen molar-refractivity contribution >= 4 is 5.69 Å². The van der Waals surface area contributed by atoms with E-state index in [2.05, 4.69) is 46.1 Å². The molecule has 1 saturated heterocycles. The summed E-state index contributed by atoms with van der Waals surface area (Å²) in [6, 6.07) is 6.72. The second-order valence-corrected chi connectivity index (χ2v) is 6.91. The van der Waals surface area contributed by atoms with Crippen LogP contribution in [0.1, 0.15) is 33.0 Å². The lowest BCUT2D eigenvalue weighted by Gasteiger charge is -2.36. The molecule has 130 valence electrons. The minimum Gasteiger partial charge on any atom is -0.369 e. The fourth-order valence-electron chi connectivity index (χ4n) is 2.94. The van der Waals surface area contributed by atoms with Gasteiger partial charge < -0.3 is 4.90 Å². The largest absolute Gasteiger partial charge is 0.369 e. The van der Waals surface area contributed by atoms with Gasteiger partial charge in [-0.15, -0.1) is 5.10 Å². The first-order valence-electron chi connectivity index (χ1n) is 8.50. The first-order valence-corrected chi connectivity index (χ1v) is 8.50. The van der Waals surface area contributed by atoms with E-state index in [1.54, 1.807) is 0 Å². The number of hydrogen-bond donors (Lipinski definition) is 0. The summed E-state index contributed by atoms with van der Waals surface area (Å²) in [5.74, 6) is 0.722. The molecule has 0 aliphatic carbocycles. The molecule has 7 heteroatoms. The van der Waals surface area contributed by atoms with Crippen LogP contribution in [-0.4, -0.2) is 51.3 Å². The van der Waals surface area contributed by atoms with Gasteiger partial charge in [-0.1, -0.05) is 6.92 Å². The third-order valence-corrected chi connectivity index (χ3v) is 4.90. The van der Waals surface area contributed by atoms with Crippen molar-refractivity contribution in [3.8, 4) is 0 Å². The summed E-state index contributed by atoms with van der Waals surface area (Å²) in [5, 5.41) is 12.3. The van der Waals surface area contributed by atoms with Crippen LogP contribution in [0.5, 0.6) is 0 Å². The Labute approximate surface area is 142 Å². The van der Waals surface area contributed by atoms with Crippen molar-refractivity contribution in [2.45, 2.75) is 39.3 Å². The van der Waals surface area contributed by atoms with E-state index in [1.165, 1.54) is 12.1 Å². The number of aromatic nitrogens is 4. The van der Waals surface area contributed by atoms with Crippen molar-refractivity contribution in [1.82, 2.24) is 25.1 Å². The highest BCUT2D eigenvalue weighted by molar-refractivity contribution is 5.46. The Morgan fingerprint density at radius 2 is 1.75 bits per heavy atom. The van der Waals surface area contributed by atoms with Crippen molar-refractivity contribution in [2.24, 2.45) is 0 Å². The number of benzene rings is 1. The Kier molecular flexibility index (Phi) is 4.80. The molecule has 0 N–H and O–H groups in total. The number of nitrogens with zero attached hydrogens (tertiary/aromatic N) is 6. The van der Waals surface area contributed by atoms with Crippen molar-refractivity contribution in [1.29, 1.82) is 0 Å². The maximum Gasteiger partial charge on any atom is 0.165 e. The average Bonchev–Trinajstić information content (AvgIpc) is 3.05. The number of piperazine rings is 1. The molecule has 6 nitrogen and oxygen atoms in total. The van der Waals surface area contributed by atoms with Crippen molar-refractivity contribution in [3.05, 3.63) is 35.9 Å². The molecule has 1 aromatic heterocycles. The van der Waals surface area contributed by atoms with Crippen LogP contribution in [0.25, 0.3) is 0 Å². The molecule has 2 aromatic rings. The van der Waals surface area contributed by atoms with Crippen LogP contribution in [0.2, 0.25) is 0 Å². The first-order chi connectivity index (χ1) is 11.5. The Morgan fingerprint density at radius 3 is 2.38 bits per heavy atom. The molecule has 1 aliphatic rings.